The van der Waals surface area contributed by atoms with Crippen LogP contribution >= 0.6 is 0 Å². The highest BCUT2D eigenvalue weighted by molar-refractivity contribution is 5.28. The molecule has 0 heterocycles. The molecular weight excluding hydrogens is 247 g/mol. The van der Waals surface area contributed by atoms with Gasteiger partial charge in [0.1, 0.15) is 5.82 Å². The highest BCUT2D eigenvalue weighted by Crippen LogP contribution is 2.59. The second-order valence-electron chi connectivity index (χ2n) is 7.24. The van der Waals surface area contributed by atoms with Gasteiger partial charge in [-0.15, -0.1) is 0 Å². The summed E-state index contributed by atoms with van der Waals surface area (Å²) >= 11 is 0. The van der Waals surface area contributed by atoms with Gasteiger partial charge in [-0.25, -0.2) is 4.39 Å². The van der Waals surface area contributed by atoms with E-state index >= 15 is 0 Å². The molecule has 0 unspecified atom stereocenters. The van der Waals surface area contributed by atoms with Gasteiger partial charge in [0.2, 0.25) is 0 Å². The third-order valence-corrected chi connectivity index (χ3v) is 6.17. The largest absolute Gasteiger partial charge is 0.207 e. The van der Waals surface area contributed by atoms with Crippen LogP contribution in [0.15, 0.2) is 24.3 Å². The number of rotatable bonds is 5. The minimum atomic E-state index is -0.106. The van der Waals surface area contributed by atoms with Crippen molar-refractivity contribution >= 4 is 0 Å². The fourth-order valence-corrected chi connectivity index (χ4v) is 4.62. The molecule has 1 aromatic carbocycles. The molecule has 1 aromatic rings. The van der Waals surface area contributed by atoms with Crippen LogP contribution in [0.2, 0.25) is 0 Å². The average molecular weight is 274 g/mol. The lowest BCUT2D eigenvalue weighted by atomic mass is 9.51. The fourth-order valence-electron chi connectivity index (χ4n) is 4.62. The Morgan fingerprint density at radius 3 is 2.05 bits per heavy atom. The van der Waals surface area contributed by atoms with E-state index in [0.717, 1.165) is 0 Å². The van der Waals surface area contributed by atoms with Gasteiger partial charge in [0.25, 0.3) is 0 Å². The minimum absolute atomic E-state index is 0.106. The first kappa shape index (κ1) is 14.1. The Balaban J connectivity index is 1.68. The first-order chi connectivity index (χ1) is 9.68. The van der Waals surface area contributed by atoms with Crippen molar-refractivity contribution in [1.29, 1.82) is 0 Å². The minimum Gasteiger partial charge on any atom is -0.207 e. The van der Waals surface area contributed by atoms with Gasteiger partial charge in [-0.1, -0.05) is 38.3 Å². The van der Waals surface area contributed by atoms with Crippen LogP contribution in [0.1, 0.15) is 76.7 Å². The highest BCUT2D eigenvalue weighted by Gasteiger charge is 2.48. The van der Waals surface area contributed by atoms with Crippen molar-refractivity contribution < 1.29 is 4.39 Å². The molecule has 3 fully saturated rings. The maximum absolute atomic E-state index is 13.1. The lowest BCUT2D eigenvalue weighted by Gasteiger charge is -2.54. The predicted molar refractivity (Wildman–Crippen MR) is 82.4 cm³/mol. The van der Waals surface area contributed by atoms with Crippen molar-refractivity contribution in [3.63, 3.8) is 0 Å². The monoisotopic (exact) mass is 274 g/mol. The average Bonchev–Trinajstić information content (AvgIpc) is 2.50. The summed E-state index contributed by atoms with van der Waals surface area (Å²) in [7, 11) is 0. The van der Waals surface area contributed by atoms with Crippen LogP contribution in [0.4, 0.5) is 4.39 Å². The Kier molecular flexibility index (Phi) is 3.88. The molecule has 3 saturated carbocycles. The van der Waals surface area contributed by atoms with E-state index in [1.807, 2.05) is 12.1 Å². The van der Waals surface area contributed by atoms with Crippen LogP contribution in [0, 0.1) is 11.2 Å². The van der Waals surface area contributed by atoms with Gasteiger partial charge in [-0.3, -0.25) is 0 Å². The van der Waals surface area contributed by atoms with E-state index < -0.39 is 0 Å². The Morgan fingerprint density at radius 2 is 1.50 bits per heavy atom. The third kappa shape index (κ3) is 2.52. The lowest BCUT2D eigenvalue weighted by Crippen LogP contribution is -2.44. The Labute approximate surface area is 122 Å². The highest BCUT2D eigenvalue weighted by atomic mass is 19.1. The van der Waals surface area contributed by atoms with Crippen molar-refractivity contribution in [2.24, 2.45) is 5.41 Å². The number of halogens is 1. The number of benzene rings is 1. The number of hydrogen-bond donors (Lipinski definition) is 0. The summed E-state index contributed by atoms with van der Waals surface area (Å²) in [5.41, 5.74) is 2.43. The molecule has 110 valence electrons. The van der Waals surface area contributed by atoms with E-state index in [2.05, 4.69) is 6.92 Å². The zero-order valence-electron chi connectivity index (χ0n) is 12.8. The standard InChI is InChI=1S/C19H27F/c1-2-3-4-9-18-10-13-19(14-11-18,15-12-18)16-5-7-17(20)8-6-16/h5-8H,2-4,9-15H2,1H3. The van der Waals surface area contributed by atoms with Crippen molar-refractivity contribution in [2.45, 2.75) is 76.5 Å². The fraction of sp³-hybridized carbons (Fsp3) is 0.684. The van der Waals surface area contributed by atoms with Crippen LogP contribution in [-0.4, -0.2) is 0 Å². The molecule has 3 aliphatic carbocycles. The second kappa shape index (κ2) is 5.50. The van der Waals surface area contributed by atoms with Crippen LogP contribution in [0.5, 0.6) is 0 Å². The molecule has 0 saturated heterocycles. The van der Waals surface area contributed by atoms with Crippen molar-refractivity contribution in [3.8, 4) is 0 Å². The molecule has 0 spiro atoms. The van der Waals surface area contributed by atoms with Gasteiger partial charge >= 0.3 is 0 Å². The Morgan fingerprint density at radius 1 is 0.900 bits per heavy atom. The normalized spacial score (nSPS) is 32.5. The van der Waals surface area contributed by atoms with E-state index in [9.17, 15) is 4.39 Å². The summed E-state index contributed by atoms with van der Waals surface area (Å²) in [5.74, 6) is -0.106. The van der Waals surface area contributed by atoms with Gasteiger partial charge < -0.3 is 0 Å². The summed E-state index contributed by atoms with van der Waals surface area (Å²) in [5, 5.41) is 0. The molecule has 3 aliphatic rings. The van der Waals surface area contributed by atoms with Crippen molar-refractivity contribution in [2.75, 3.05) is 0 Å². The number of fused-ring (bicyclic) bond motifs is 3. The molecule has 0 aromatic heterocycles. The molecule has 2 bridgehead atoms. The molecule has 0 amide bonds. The topological polar surface area (TPSA) is 0 Å². The van der Waals surface area contributed by atoms with E-state index in [1.54, 1.807) is 12.1 Å². The third-order valence-electron chi connectivity index (χ3n) is 6.17. The molecule has 4 rings (SSSR count). The SMILES string of the molecule is CCCCCC12CCC(c3ccc(F)cc3)(CC1)CC2. The molecule has 0 nitrogen and oxygen atoms in total. The summed E-state index contributed by atoms with van der Waals surface area (Å²) in [6.45, 7) is 2.29. The van der Waals surface area contributed by atoms with E-state index in [1.165, 1.54) is 69.8 Å². The van der Waals surface area contributed by atoms with Gasteiger partial charge in [0.15, 0.2) is 0 Å². The second-order valence-corrected chi connectivity index (χ2v) is 7.24. The molecule has 0 radical (unpaired) electrons. The zero-order valence-corrected chi connectivity index (χ0v) is 12.8. The van der Waals surface area contributed by atoms with Gasteiger partial charge in [0, 0.05) is 0 Å². The quantitative estimate of drug-likeness (QED) is 0.578. The molecule has 0 aliphatic heterocycles. The predicted octanol–water partition coefficient (Wildman–Crippen LogP) is 6.00. The Hall–Kier alpha value is -0.850. The van der Waals surface area contributed by atoms with Gasteiger partial charge in [-0.05, 0) is 73.5 Å². The van der Waals surface area contributed by atoms with Gasteiger partial charge in [-0.2, -0.15) is 0 Å². The maximum atomic E-state index is 13.1. The Bertz CT molecular complexity index is 421. The lowest BCUT2D eigenvalue weighted by molar-refractivity contribution is 0.0305. The molecular formula is C19H27F. The van der Waals surface area contributed by atoms with E-state index in [-0.39, 0.29) is 5.82 Å². The molecule has 1 heteroatoms. The van der Waals surface area contributed by atoms with Gasteiger partial charge in [0.05, 0.1) is 0 Å². The van der Waals surface area contributed by atoms with Crippen LogP contribution in [0.25, 0.3) is 0 Å². The number of hydrogen-bond acceptors (Lipinski definition) is 0. The molecule has 0 N–H and O–H groups in total. The zero-order chi connectivity index (χ0) is 14.1. The summed E-state index contributed by atoms with van der Waals surface area (Å²) in [4.78, 5) is 0. The van der Waals surface area contributed by atoms with E-state index in [0.29, 0.717) is 10.8 Å². The molecule has 20 heavy (non-hydrogen) atoms. The first-order valence-electron chi connectivity index (χ1n) is 8.44. The smallest absolute Gasteiger partial charge is 0.123 e. The van der Waals surface area contributed by atoms with Crippen LogP contribution in [0.3, 0.4) is 0 Å². The van der Waals surface area contributed by atoms with E-state index in [4.69, 9.17) is 0 Å². The summed E-state index contributed by atoms with van der Waals surface area (Å²) < 4.78 is 13.1. The summed E-state index contributed by atoms with van der Waals surface area (Å²) in [6, 6.07) is 7.35. The number of unbranched alkanes of at least 4 members (excludes halogenated alkanes) is 2. The van der Waals surface area contributed by atoms with Crippen molar-refractivity contribution in [1.82, 2.24) is 0 Å². The first-order valence-corrected chi connectivity index (χ1v) is 8.44. The van der Waals surface area contributed by atoms with Crippen LogP contribution in [-0.2, 0) is 5.41 Å². The maximum Gasteiger partial charge on any atom is 0.123 e. The van der Waals surface area contributed by atoms with Crippen molar-refractivity contribution in [3.05, 3.63) is 35.6 Å². The summed E-state index contributed by atoms with van der Waals surface area (Å²) in [6.07, 6.45) is 13.7. The van der Waals surface area contributed by atoms with Crippen LogP contribution < -0.4 is 0 Å². The molecule has 0 atom stereocenters.